The Kier molecular flexibility index (Phi) is 4.99. The average Bonchev–Trinajstić information content (AvgIpc) is 2.90. The summed E-state index contributed by atoms with van der Waals surface area (Å²) in [4.78, 5) is 36.4. The second-order valence-electron chi connectivity index (χ2n) is 7.54. The molecule has 1 aliphatic carbocycles. The maximum absolute atomic E-state index is 13.5. The van der Waals surface area contributed by atoms with Gasteiger partial charge in [-0.1, -0.05) is 19.1 Å². The Hall–Kier alpha value is -3.68. The van der Waals surface area contributed by atoms with Crippen molar-refractivity contribution < 1.29 is 19.2 Å². The van der Waals surface area contributed by atoms with Gasteiger partial charge in [-0.25, -0.2) is 0 Å². The molecule has 2 aliphatic rings. The summed E-state index contributed by atoms with van der Waals surface area (Å²) >= 11 is 0. The van der Waals surface area contributed by atoms with Crippen molar-refractivity contribution in [3.63, 3.8) is 0 Å². The van der Waals surface area contributed by atoms with Crippen LogP contribution in [0.1, 0.15) is 24.9 Å². The van der Waals surface area contributed by atoms with Crippen molar-refractivity contribution in [1.82, 2.24) is 0 Å². The van der Waals surface area contributed by atoms with E-state index < -0.39 is 22.9 Å². The fourth-order valence-corrected chi connectivity index (χ4v) is 4.17. The first kappa shape index (κ1) is 19.6. The number of anilines is 2. The number of esters is 1. The summed E-state index contributed by atoms with van der Waals surface area (Å²) in [5.74, 6) is -1.96. The molecule has 0 amide bonds. The van der Waals surface area contributed by atoms with E-state index in [4.69, 9.17) is 4.74 Å². The lowest BCUT2D eigenvalue weighted by molar-refractivity contribution is -0.384. The van der Waals surface area contributed by atoms with Gasteiger partial charge in [0, 0.05) is 23.4 Å². The van der Waals surface area contributed by atoms with Crippen LogP contribution in [0.4, 0.5) is 17.1 Å². The summed E-state index contributed by atoms with van der Waals surface area (Å²) < 4.78 is 4.89. The molecule has 1 heterocycles. The number of rotatable bonds is 3. The average molecular weight is 407 g/mol. The number of ketones is 1. The summed E-state index contributed by atoms with van der Waals surface area (Å²) in [5, 5.41) is 17.8. The lowest BCUT2D eigenvalue weighted by atomic mass is 9.75. The number of para-hydroxylation sites is 2. The van der Waals surface area contributed by atoms with Gasteiger partial charge in [-0.2, -0.15) is 0 Å². The molecular weight excluding hydrogens is 386 g/mol. The Labute approximate surface area is 173 Å². The van der Waals surface area contributed by atoms with Gasteiger partial charge in [0.05, 0.1) is 29.4 Å². The number of hydrogen-bond acceptors (Lipinski definition) is 7. The van der Waals surface area contributed by atoms with Crippen molar-refractivity contribution >= 4 is 28.8 Å². The molecule has 3 atom stereocenters. The summed E-state index contributed by atoms with van der Waals surface area (Å²) in [6.07, 6.45) is 0.500. The standard InChI is InChI=1S/C22H21N3O5/c1-12-11-17-19(21(26)18(12)22(27)30-2)20(13-7-9-14(10-8-13)25(28)29)24-16-6-4-3-5-15(16)23-17/h3-10,12,18,20,23-24H,11H2,1-2H3/t12-,18-,20-/m0/s1. The molecule has 0 saturated heterocycles. The summed E-state index contributed by atoms with van der Waals surface area (Å²) in [6.45, 7) is 1.86. The minimum absolute atomic E-state index is 0.0314. The number of Topliss-reactive ketones (excluding diaryl/α,β-unsaturated/α-hetero) is 1. The van der Waals surface area contributed by atoms with Crippen LogP contribution in [-0.2, 0) is 14.3 Å². The van der Waals surface area contributed by atoms with Gasteiger partial charge in [-0.3, -0.25) is 19.7 Å². The summed E-state index contributed by atoms with van der Waals surface area (Å²) in [6, 6.07) is 13.1. The number of allylic oxidation sites excluding steroid dienone is 1. The van der Waals surface area contributed by atoms with E-state index in [-0.39, 0.29) is 17.4 Å². The van der Waals surface area contributed by atoms with Crippen LogP contribution in [0, 0.1) is 22.0 Å². The van der Waals surface area contributed by atoms with Gasteiger partial charge >= 0.3 is 5.97 Å². The zero-order valence-corrected chi connectivity index (χ0v) is 16.5. The van der Waals surface area contributed by atoms with Crippen molar-refractivity contribution in [1.29, 1.82) is 0 Å². The molecule has 30 heavy (non-hydrogen) atoms. The van der Waals surface area contributed by atoms with Crippen molar-refractivity contribution in [2.75, 3.05) is 17.7 Å². The molecule has 1 aliphatic heterocycles. The largest absolute Gasteiger partial charge is 0.468 e. The fourth-order valence-electron chi connectivity index (χ4n) is 4.17. The Morgan fingerprint density at radius 3 is 2.43 bits per heavy atom. The molecule has 0 bridgehead atoms. The third-order valence-corrected chi connectivity index (χ3v) is 5.66. The number of nitro benzene ring substituents is 1. The zero-order valence-electron chi connectivity index (χ0n) is 16.5. The SMILES string of the molecule is COC(=O)[C@@H]1C(=O)C2=C(C[C@@H]1C)Nc1ccccc1N[C@H]2c1ccc([N+](=O)[O-])cc1. The van der Waals surface area contributed by atoms with E-state index in [1.165, 1.54) is 19.2 Å². The molecule has 8 heteroatoms. The molecule has 0 spiro atoms. The Bertz CT molecular complexity index is 1060. The molecule has 8 nitrogen and oxygen atoms in total. The Balaban J connectivity index is 1.85. The monoisotopic (exact) mass is 407 g/mol. The Morgan fingerprint density at radius 2 is 1.80 bits per heavy atom. The van der Waals surface area contributed by atoms with Crippen LogP contribution >= 0.6 is 0 Å². The number of hydrogen-bond donors (Lipinski definition) is 2. The van der Waals surface area contributed by atoms with E-state index in [1.807, 2.05) is 31.2 Å². The molecule has 0 aromatic heterocycles. The molecule has 2 aromatic carbocycles. The van der Waals surface area contributed by atoms with E-state index in [9.17, 15) is 19.7 Å². The minimum Gasteiger partial charge on any atom is -0.468 e. The van der Waals surface area contributed by atoms with Gasteiger partial charge < -0.3 is 15.4 Å². The van der Waals surface area contributed by atoms with Gasteiger partial charge in [-0.05, 0) is 42.2 Å². The van der Waals surface area contributed by atoms with Crippen LogP contribution in [0.25, 0.3) is 0 Å². The number of ether oxygens (including phenoxy) is 1. The lowest BCUT2D eigenvalue weighted by Gasteiger charge is -2.32. The molecule has 0 fully saturated rings. The highest BCUT2D eigenvalue weighted by Gasteiger charge is 2.44. The second-order valence-corrected chi connectivity index (χ2v) is 7.54. The van der Waals surface area contributed by atoms with E-state index in [0.29, 0.717) is 17.6 Å². The number of methoxy groups -OCH3 is 1. The minimum atomic E-state index is -0.890. The molecule has 2 aromatic rings. The third kappa shape index (κ3) is 3.30. The predicted molar refractivity (Wildman–Crippen MR) is 111 cm³/mol. The maximum atomic E-state index is 13.5. The quantitative estimate of drug-likeness (QED) is 0.344. The molecule has 154 valence electrons. The van der Waals surface area contributed by atoms with Crippen LogP contribution in [0.3, 0.4) is 0 Å². The number of carbonyl (C=O) groups excluding carboxylic acids is 2. The van der Waals surface area contributed by atoms with E-state index >= 15 is 0 Å². The van der Waals surface area contributed by atoms with Crippen LogP contribution in [0.5, 0.6) is 0 Å². The highest BCUT2D eigenvalue weighted by Crippen LogP contribution is 2.43. The summed E-state index contributed by atoms with van der Waals surface area (Å²) in [7, 11) is 1.28. The van der Waals surface area contributed by atoms with Crippen molar-refractivity contribution in [3.8, 4) is 0 Å². The number of nitro groups is 1. The number of benzene rings is 2. The Morgan fingerprint density at radius 1 is 1.13 bits per heavy atom. The van der Waals surface area contributed by atoms with Gasteiger partial charge in [0.1, 0.15) is 5.92 Å². The molecule has 4 rings (SSSR count). The molecular formula is C22H21N3O5. The maximum Gasteiger partial charge on any atom is 0.316 e. The van der Waals surface area contributed by atoms with Crippen LogP contribution in [-0.4, -0.2) is 23.8 Å². The number of carbonyl (C=O) groups is 2. The zero-order chi connectivity index (χ0) is 21.4. The van der Waals surface area contributed by atoms with Gasteiger partial charge in [0.15, 0.2) is 5.78 Å². The van der Waals surface area contributed by atoms with E-state index in [1.54, 1.807) is 12.1 Å². The smallest absolute Gasteiger partial charge is 0.316 e. The molecule has 0 unspecified atom stereocenters. The van der Waals surface area contributed by atoms with Gasteiger partial charge in [0.25, 0.3) is 5.69 Å². The second kappa shape index (κ2) is 7.62. The number of fused-ring (bicyclic) bond motifs is 1. The van der Waals surface area contributed by atoms with Crippen LogP contribution in [0.15, 0.2) is 59.8 Å². The van der Waals surface area contributed by atoms with Crippen molar-refractivity contribution in [3.05, 3.63) is 75.5 Å². The highest BCUT2D eigenvalue weighted by molar-refractivity contribution is 6.11. The molecule has 2 N–H and O–H groups in total. The first-order valence-corrected chi connectivity index (χ1v) is 9.62. The number of nitrogens with zero attached hydrogens (tertiary/aromatic N) is 1. The fraction of sp³-hybridized carbons (Fsp3) is 0.273. The van der Waals surface area contributed by atoms with E-state index in [0.717, 1.165) is 17.1 Å². The van der Waals surface area contributed by atoms with Crippen molar-refractivity contribution in [2.24, 2.45) is 11.8 Å². The molecule has 0 saturated carbocycles. The van der Waals surface area contributed by atoms with E-state index in [2.05, 4.69) is 10.6 Å². The highest BCUT2D eigenvalue weighted by atomic mass is 16.6. The first-order chi connectivity index (χ1) is 14.4. The predicted octanol–water partition coefficient (Wildman–Crippen LogP) is 3.83. The third-order valence-electron chi connectivity index (χ3n) is 5.66. The molecule has 0 radical (unpaired) electrons. The van der Waals surface area contributed by atoms with Gasteiger partial charge in [0.2, 0.25) is 0 Å². The van der Waals surface area contributed by atoms with Gasteiger partial charge in [-0.15, -0.1) is 0 Å². The lowest BCUT2D eigenvalue weighted by Crippen LogP contribution is -2.39. The first-order valence-electron chi connectivity index (χ1n) is 9.62. The van der Waals surface area contributed by atoms with Crippen molar-refractivity contribution in [2.45, 2.75) is 19.4 Å². The summed E-state index contributed by atoms with van der Waals surface area (Å²) in [5.41, 5.74) is 3.48. The normalized spacial score (nSPS) is 22.7. The van der Waals surface area contributed by atoms with Crippen LogP contribution in [0.2, 0.25) is 0 Å². The number of non-ortho nitro benzene ring substituents is 1. The van der Waals surface area contributed by atoms with Crippen LogP contribution < -0.4 is 10.6 Å². The topological polar surface area (TPSA) is 111 Å². The number of nitrogens with one attached hydrogen (secondary N) is 2.